The summed E-state index contributed by atoms with van der Waals surface area (Å²) < 4.78 is 18.9. The number of benzene rings is 2. The number of carbonyl (C=O) groups excluding carboxylic acids is 1. The van der Waals surface area contributed by atoms with Crippen LogP contribution < -0.4 is 4.74 Å². The van der Waals surface area contributed by atoms with Gasteiger partial charge in [-0.2, -0.15) is 0 Å². The fourth-order valence-corrected chi connectivity index (χ4v) is 2.35. The summed E-state index contributed by atoms with van der Waals surface area (Å²) in [6.07, 6.45) is 3.71. The number of carbonyl (C=O) groups is 1. The second-order valence-electron chi connectivity index (χ2n) is 5.80. The molecule has 2 aromatic rings. The van der Waals surface area contributed by atoms with E-state index in [2.05, 4.69) is 4.90 Å². The second-order valence-corrected chi connectivity index (χ2v) is 5.80. The maximum absolute atomic E-state index is 13.9. The zero-order valence-electron chi connectivity index (χ0n) is 14.3. The average molecular weight is 327 g/mol. The van der Waals surface area contributed by atoms with Crippen LogP contribution in [0, 0.1) is 5.82 Å². The summed E-state index contributed by atoms with van der Waals surface area (Å²) in [5, 5.41) is 0. The normalized spacial score (nSPS) is 11.2. The molecule has 0 aliphatic heterocycles. The van der Waals surface area contributed by atoms with E-state index in [1.807, 2.05) is 38.4 Å². The number of hydrogen-bond acceptors (Lipinski definition) is 3. The number of likely N-dealkylation sites (N-methyl/N-ethyl adjacent to an activating group) is 1. The average Bonchev–Trinajstić information content (AvgIpc) is 2.58. The van der Waals surface area contributed by atoms with Gasteiger partial charge in [0.05, 0.1) is 7.11 Å². The van der Waals surface area contributed by atoms with E-state index in [-0.39, 0.29) is 5.78 Å². The lowest BCUT2D eigenvalue weighted by Gasteiger charge is -2.11. The zero-order valence-corrected chi connectivity index (χ0v) is 14.3. The Hall–Kier alpha value is -2.46. The molecular formula is C20H22FNO2. The van der Waals surface area contributed by atoms with Crippen LogP contribution in [-0.4, -0.2) is 38.4 Å². The maximum Gasteiger partial charge on any atom is 0.186 e. The summed E-state index contributed by atoms with van der Waals surface area (Å²) in [5.41, 5.74) is 2.01. The third kappa shape index (κ3) is 4.77. The van der Waals surface area contributed by atoms with Crippen molar-refractivity contribution in [3.05, 3.63) is 71.0 Å². The molecule has 0 heterocycles. The molecule has 0 aromatic heterocycles. The van der Waals surface area contributed by atoms with E-state index < -0.39 is 5.82 Å². The molecule has 0 spiro atoms. The highest BCUT2D eigenvalue weighted by Crippen LogP contribution is 2.18. The molecule has 0 fully saturated rings. The number of halogens is 1. The standard InChI is InChI=1S/C20H22FNO2/c1-22(2)13-12-15-6-4-5-7-18(15)20(23)11-9-16-8-10-17(24-3)14-19(16)21/h4-11,14H,12-13H2,1-3H3. The first-order chi connectivity index (χ1) is 11.5. The number of methoxy groups -OCH3 is 1. The fraction of sp³-hybridized carbons (Fsp3) is 0.250. The van der Waals surface area contributed by atoms with Crippen molar-refractivity contribution >= 4 is 11.9 Å². The molecule has 0 saturated heterocycles. The van der Waals surface area contributed by atoms with Crippen molar-refractivity contribution in [3.8, 4) is 5.75 Å². The van der Waals surface area contributed by atoms with E-state index in [9.17, 15) is 9.18 Å². The summed E-state index contributed by atoms with van der Waals surface area (Å²) in [5.74, 6) is -0.0936. The van der Waals surface area contributed by atoms with Crippen LogP contribution in [0.25, 0.3) is 6.08 Å². The maximum atomic E-state index is 13.9. The molecule has 0 amide bonds. The molecule has 4 heteroatoms. The predicted molar refractivity (Wildman–Crippen MR) is 95.0 cm³/mol. The molecule has 126 valence electrons. The molecular weight excluding hydrogens is 305 g/mol. The van der Waals surface area contributed by atoms with Gasteiger partial charge < -0.3 is 9.64 Å². The van der Waals surface area contributed by atoms with Gasteiger partial charge in [0.25, 0.3) is 0 Å². The van der Waals surface area contributed by atoms with Crippen LogP contribution in [0.4, 0.5) is 4.39 Å². The van der Waals surface area contributed by atoms with Crippen LogP contribution in [0.3, 0.4) is 0 Å². The SMILES string of the molecule is COc1ccc(C=CC(=O)c2ccccc2CCN(C)C)c(F)c1. The van der Waals surface area contributed by atoms with Crippen molar-refractivity contribution < 1.29 is 13.9 Å². The highest BCUT2D eigenvalue weighted by molar-refractivity contribution is 6.07. The number of rotatable bonds is 7. The van der Waals surface area contributed by atoms with Crippen molar-refractivity contribution in [1.82, 2.24) is 4.90 Å². The highest BCUT2D eigenvalue weighted by atomic mass is 19.1. The Kier molecular flexibility index (Phi) is 6.27. The van der Waals surface area contributed by atoms with Crippen LogP contribution in [0.15, 0.2) is 48.5 Å². The van der Waals surface area contributed by atoms with Gasteiger partial charge in [-0.3, -0.25) is 4.79 Å². The monoisotopic (exact) mass is 327 g/mol. The molecule has 0 saturated carbocycles. The summed E-state index contributed by atoms with van der Waals surface area (Å²) >= 11 is 0. The van der Waals surface area contributed by atoms with Crippen molar-refractivity contribution in [3.63, 3.8) is 0 Å². The van der Waals surface area contributed by atoms with Gasteiger partial charge in [0.1, 0.15) is 11.6 Å². The minimum absolute atomic E-state index is 0.125. The van der Waals surface area contributed by atoms with E-state index in [0.717, 1.165) is 18.5 Å². The molecule has 0 atom stereocenters. The van der Waals surface area contributed by atoms with Crippen LogP contribution in [0.1, 0.15) is 21.5 Å². The van der Waals surface area contributed by atoms with Crippen LogP contribution in [0.5, 0.6) is 5.75 Å². The summed E-state index contributed by atoms with van der Waals surface area (Å²) in [6, 6.07) is 12.1. The molecule has 0 aliphatic rings. The van der Waals surface area contributed by atoms with Crippen LogP contribution >= 0.6 is 0 Å². The van der Waals surface area contributed by atoms with Gasteiger partial charge in [0.2, 0.25) is 0 Å². The first-order valence-corrected chi connectivity index (χ1v) is 7.80. The molecule has 0 radical (unpaired) electrons. The Balaban J connectivity index is 2.18. The largest absolute Gasteiger partial charge is 0.497 e. The predicted octanol–water partition coefficient (Wildman–Crippen LogP) is 3.83. The van der Waals surface area contributed by atoms with E-state index in [1.54, 1.807) is 12.1 Å². The molecule has 24 heavy (non-hydrogen) atoms. The number of ketones is 1. The lowest BCUT2D eigenvalue weighted by molar-refractivity contribution is 0.104. The highest BCUT2D eigenvalue weighted by Gasteiger charge is 2.09. The van der Waals surface area contributed by atoms with Gasteiger partial charge in [-0.05, 0) is 50.4 Å². The number of ether oxygens (including phenoxy) is 1. The topological polar surface area (TPSA) is 29.5 Å². The molecule has 2 aromatic carbocycles. The Bertz CT molecular complexity index is 738. The van der Waals surface area contributed by atoms with Crippen LogP contribution in [-0.2, 0) is 6.42 Å². The summed E-state index contributed by atoms with van der Waals surface area (Å²) in [7, 11) is 5.48. The van der Waals surface area contributed by atoms with Gasteiger partial charge in [-0.25, -0.2) is 4.39 Å². The van der Waals surface area contributed by atoms with Crippen molar-refractivity contribution in [1.29, 1.82) is 0 Å². The minimum atomic E-state index is -0.417. The lowest BCUT2D eigenvalue weighted by Crippen LogP contribution is -2.16. The third-order valence-electron chi connectivity index (χ3n) is 3.73. The molecule has 0 unspecified atom stereocenters. The third-order valence-corrected chi connectivity index (χ3v) is 3.73. The molecule has 0 bridgehead atoms. The van der Waals surface area contributed by atoms with Gasteiger partial charge in [0.15, 0.2) is 5.78 Å². The number of allylic oxidation sites excluding steroid dienone is 1. The first-order valence-electron chi connectivity index (χ1n) is 7.80. The van der Waals surface area contributed by atoms with Crippen molar-refractivity contribution in [2.24, 2.45) is 0 Å². The molecule has 3 nitrogen and oxygen atoms in total. The molecule has 2 rings (SSSR count). The van der Waals surface area contributed by atoms with E-state index in [4.69, 9.17) is 4.74 Å². The zero-order chi connectivity index (χ0) is 17.5. The summed E-state index contributed by atoms with van der Waals surface area (Å²) in [4.78, 5) is 14.5. The molecule has 0 aliphatic carbocycles. The van der Waals surface area contributed by atoms with E-state index in [1.165, 1.54) is 25.3 Å². The molecule has 0 N–H and O–H groups in total. The lowest BCUT2D eigenvalue weighted by atomic mass is 10.00. The van der Waals surface area contributed by atoms with Gasteiger partial charge in [0, 0.05) is 23.7 Å². The van der Waals surface area contributed by atoms with Gasteiger partial charge in [-0.15, -0.1) is 0 Å². The first kappa shape index (κ1) is 17.9. The Morgan fingerprint density at radius 3 is 2.62 bits per heavy atom. The Labute approximate surface area is 142 Å². The summed E-state index contributed by atoms with van der Waals surface area (Å²) in [6.45, 7) is 0.862. The van der Waals surface area contributed by atoms with Crippen molar-refractivity contribution in [2.75, 3.05) is 27.7 Å². The Morgan fingerprint density at radius 1 is 1.21 bits per heavy atom. The number of nitrogens with zero attached hydrogens (tertiary/aromatic N) is 1. The van der Waals surface area contributed by atoms with E-state index in [0.29, 0.717) is 16.9 Å². The van der Waals surface area contributed by atoms with E-state index >= 15 is 0 Å². The van der Waals surface area contributed by atoms with Crippen molar-refractivity contribution in [2.45, 2.75) is 6.42 Å². The number of hydrogen-bond donors (Lipinski definition) is 0. The van der Waals surface area contributed by atoms with Gasteiger partial charge >= 0.3 is 0 Å². The fourth-order valence-electron chi connectivity index (χ4n) is 2.35. The Morgan fingerprint density at radius 2 is 1.96 bits per heavy atom. The van der Waals surface area contributed by atoms with Gasteiger partial charge in [-0.1, -0.05) is 24.3 Å². The quantitative estimate of drug-likeness (QED) is 0.572. The minimum Gasteiger partial charge on any atom is -0.497 e. The second kappa shape index (κ2) is 8.41. The van der Waals surface area contributed by atoms with Crippen LogP contribution in [0.2, 0.25) is 0 Å². The smallest absolute Gasteiger partial charge is 0.186 e.